The summed E-state index contributed by atoms with van der Waals surface area (Å²) in [5.74, 6) is 1.60. The maximum Gasteiger partial charge on any atom is 0.322 e. The van der Waals surface area contributed by atoms with Crippen LogP contribution in [-0.4, -0.2) is 26.7 Å². The minimum Gasteiger partial charge on any atom is -0.348 e. The van der Waals surface area contributed by atoms with Crippen LogP contribution in [0.1, 0.15) is 48.8 Å². The number of fused-ring (bicyclic) bond motifs is 2. The lowest BCUT2D eigenvalue weighted by Gasteiger charge is -2.28. The van der Waals surface area contributed by atoms with Crippen LogP contribution >= 0.6 is 0 Å². The van der Waals surface area contributed by atoms with Crippen LogP contribution in [-0.2, 0) is 7.05 Å². The number of aromatic nitrogens is 2. The number of hydrogen-bond acceptors (Lipinski definition) is 4. The summed E-state index contributed by atoms with van der Waals surface area (Å²) in [7, 11) is 1.57. The zero-order chi connectivity index (χ0) is 16.0. The molecule has 2 aliphatic rings. The Bertz CT molecular complexity index is 625. The van der Waals surface area contributed by atoms with E-state index in [2.05, 4.69) is 10.4 Å². The molecule has 7 nitrogen and oxygen atoms in total. The molecule has 1 N–H and O–H groups in total. The number of aryl methyl sites for hydroxylation is 2. The Morgan fingerprint density at radius 1 is 1.45 bits per heavy atom. The van der Waals surface area contributed by atoms with E-state index in [1.165, 1.54) is 30.4 Å². The van der Waals surface area contributed by atoms with Gasteiger partial charge in [0.05, 0.1) is 4.92 Å². The van der Waals surface area contributed by atoms with Crippen LogP contribution in [0.2, 0.25) is 0 Å². The molecular weight excluding hydrogens is 284 g/mol. The molecule has 4 atom stereocenters. The van der Waals surface area contributed by atoms with Crippen LogP contribution < -0.4 is 5.32 Å². The fourth-order valence-corrected chi connectivity index (χ4v) is 4.41. The quantitative estimate of drug-likeness (QED) is 0.682. The molecule has 1 amide bonds. The van der Waals surface area contributed by atoms with Crippen molar-refractivity contribution >= 4 is 11.6 Å². The molecule has 1 heterocycles. The zero-order valence-corrected chi connectivity index (χ0v) is 13.2. The standard InChI is InChI=1S/C15H22N4O3/c1-8(12-7-10-4-5-11(12)6-10)16-15(20)14-13(19(21)22)9(2)17-18(14)3/h8,10-12H,4-7H2,1-3H3,(H,16,20)/t8-,10-,11-,12-/m0/s1. The van der Waals surface area contributed by atoms with E-state index in [0.717, 1.165) is 5.92 Å². The molecular formula is C15H22N4O3. The summed E-state index contributed by atoms with van der Waals surface area (Å²) in [5.41, 5.74) is 0.114. The SMILES string of the molecule is Cc1nn(C)c(C(=O)N[C@@H](C)[C@@H]2C[C@H]3CC[C@H]2C3)c1[N+](=O)[O-]. The van der Waals surface area contributed by atoms with E-state index in [0.29, 0.717) is 11.8 Å². The summed E-state index contributed by atoms with van der Waals surface area (Å²) in [6, 6.07) is 0.0395. The van der Waals surface area contributed by atoms with Gasteiger partial charge in [0.25, 0.3) is 5.91 Å². The van der Waals surface area contributed by atoms with Gasteiger partial charge in [-0.15, -0.1) is 0 Å². The van der Waals surface area contributed by atoms with Crippen LogP contribution in [0.4, 0.5) is 5.69 Å². The van der Waals surface area contributed by atoms with Crippen LogP contribution in [0, 0.1) is 34.8 Å². The molecule has 0 aromatic carbocycles. The van der Waals surface area contributed by atoms with Crippen molar-refractivity contribution in [2.24, 2.45) is 24.8 Å². The van der Waals surface area contributed by atoms with Crippen molar-refractivity contribution in [1.29, 1.82) is 0 Å². The third-order valence-corrected chi connectivity index (χ3v) is 5.38. The first kappa shape index (κ1) is 15.0. The number of hydrogen-bond donors (Lipinski definition) is 1. The summed E-state index contributed by atoms with van der Waals surface area (Å²) in [6.45, 7) is 3.56. The predicted molar refractivity (Wildman–Crippen MR) is 80.5 cm³/mol. The molecule has 2 aliphatic carbocycles. The smallest absolute Gasteiger partial charge is 0.322 e. The van der Waals surface area contributed by atoms with Gasteiger partial charge in [-0.05, 0) is 50.9 Å². The maximum atomic E-state index is 12.5. The highest BCUT2D eigenvalue weighted by Crippen LogP contribution is 2.49. The molecule has 1 aromatic heterocycles. The normalized spacial score (nSPS) is 27.9. The van der Waals surface area contributed by atoms with Gasteiger partial charge in [-0.2, -0.15) is 5.10 Å². The first-order valence-corrected chi connectivity index (χ1v) is 7.87. The Labute approximate surface area is 129 Å². The summed E-state index contributed by atoms with van der Waals surface area (Å²) in [6.07, 6.45) is 5.00. The molecule has 3 rings (SSSR count). The van der Waals surface area contributed by atoms with Crippen LogP contribution in [0.3, 0.4) is 0 Å². The molecule has 2 bridgehead atoms. The van der Waals surface area contributed by atoms with Gasteiger partial charge in [-0.25, -0.2) is 0 Å². The van der Waals surface area contributed by atoms with Gasteiger partial charge in [0.2, 0.25) is 5.69 Å². The van der Waals surface area contributed by atoms with Gasteiger partial charge in [0.15, 0.2) is 0 Å². The lowest BCUT2D eigenvalue weighted by atomic mass is 9.84. The molecule has 0 radical (unpaired) electrons. The number of carbonyl (C=O) groups excluding carboxylic acids is 1. The Kier molecular flexibility index (Phi) is 3.66. The number of nitro groups is 1. The third kappa shape index (κ3) is 2.38. The molecule has 2 fully saturated rings. The highest BCUT2D eigenvalue weighted by Gasteiger charge is 2.42. The first-order valence-electron chi connectivity index (χ1n) is 7.87. The van der Waals surface area contributed by atoms with Crippen molar-refractivity contribution in [3.63, 3.8) is 0 Å². The molecule has 1 aromatic rings. The lowest BCUT2D eigenvalue weighted by molar-refractivity contribution is -0.385. The second-order valence-electron chi connectivity index (χ2n) is 6.76. The fraction of sp³-hybridized carbons (Fsp3) is 0.733. The van der Waals surface area contributed by atoms with Gasteiger partial charge < -0.3 is 5.32 Å². The minimum atomic E-state index is -0.528. The highest BCUT2D eigenvalue weighted by molar-refractivity contribution is 5.97. The summed E-state index contributed by atoms with van der Waals surface area (Å²) in [4.78, 5) is 23.2. The van der Waals surface area contributed by atoms with Crippen molar-refractivity contribution in [2.45, 2.75) is 45.6 Å². The van der Waals surface area contributed by atoms with E-state index in [1.54, 1.807) is 14.0 Å². The minimum absolute atomic E-state index is 0.0394. The summed E-state index contributed by atoms with van der Waals surface area (Å²) in [5, 5.41) is 18.2. The van der Waals surface area contributed by atoms with E-state index in [9.17, 15) is 14.9 Å². The van der Waals surface area contributed by atoms with Crippen LogP contribution in [0.25, 0.3) is 0 Å². The van der Waals surface area contributed by atoms with E-state index in [4.69, 9.17) is 0 Å². The second kappa shape index (κ2) is 5.37. The molecule has 120 valence electrons. The predicted octanol–water partition coefficient (Wildman–Crippen LogP) is 2.19. The average molecular weight is 306 g/mol. The van der Waals surface area contributed by atoms with Crippen LogP contribution in [0.15, 0.2) is 0 Å². The molecule has 0 unspecified atom stereocenters. The van der Waals surface area contributed by atoms with Gasteiger partial charge in [0.1, 0.15) is 5.69 Å². The number of nitrogens with one attached hydrogen (secondary N) is 1. The summed E-state index contributed by atoms with van der Waals surface area (Å²) >= 11 is 0. The molecule has 0 saturated heterocycles. The first-order chi connectivity index (χ1) is 10.4. The molecule has 22 heavy (non-hydrogen) atoms. The Morgan fingerprint density at radius 2 is 2.18 bits per heavy atom. The zero-order valence-electron chi connectivity index (χ0n) is 13.2. The van der Waals surface area contributed by atoms with E-state index in [-0.39, 0.29) is 23.1 Å². The van der Waals surface area contributed by atoms with Gasteiger partial charge in [0, 0.05) is 13.1 Å². The van der Waals surface area contributed by atoms with Crippen molar-refractivity contribution < 1.29 is 9.72 Å². The van der Waals surface area contributed by atoms with E-state index >= 15 is 0 Å². The Morgan fingerprint density at radius 3 is 2.73 bits per heavy atom. The van der Waals surface area contributed by atoms with Gasteiger partial charge in [-0.3, -0.25) is 19.6 Å². The molecule has 2 saturated carbocycles. The number of amides is 1. The monoisotopic (exact) mass is 306 g/mol. The third-order valence-electron chi connectivity index (χ3n) is 5.38. The maximum absolute atomic E-state index is 12.5. The Hall–Kier alpha value is -1.92. The average Bonchev–Trinajstić information content (AvgIpc) is 3.11. The number of carbonyl (C=O) groups is 1. The second-order valence-corrected chi connectivity index (χ2v) is 6.76. The van der Waals surface area contributed by atoms with Crippen molar-refractivity contribution in [3.8, 4) is 0 Å². The largest absolute Gasteiger partial charge is 0.348 e. The van der Waals surface area contributed by atoms with Gasteiger partial charge in [-0.1, -0.05) is 6.42 Å². The molecule has 7 heteroatoms. The fourth-order valence-electron chi connectivity index (χ4n) is 4.41. The number of nitrogens with zero attached hydrogens (tertiary/aromatic N) is 3. The summed E-state index contributed by atoms with van der Waals surface area (Å²) < 4.78 is 1.30. The van der Waals surface area contributed by atoms with E-state index in [1.807, 2.05) is 6.92 Å². The van der Waals surface area contributed by atoms with Gasteiger partial charge >= 0.3 is 5.69 Å². The lowest BCUT2D eigenvalue weighted by Crippen LogP contribution is -2.41. The highest BCUT2D eigenvalue weighted by atomic mass is 16.6. The molecule has 0 aliphatic heterocycles. The van der Waals surface area contributed by atoms with Crippen molar-refractivity contribution in [1.82, 2.24) is 15.1 Å². The topological polar surface area (TPSA) is 90.1 Å². The Balaban J connectivity index is 1.76. The van der Waals surface area contributed by atoms with Crippen LogP contribution in [0.5, 0.6) is 0 Å². The van der Waals surface area contributed by atoms with Crippen molar-refractivity contribution in [3.05, 3.63) is 21.5 Å². The van der Waals surface area contributed by atoms with Crippen molar-refractivity contribution in [2.75, 3.05) is 0 Å². The van der Waals surface area contributed by atoms with E-state index < -0.39 is 10.8 Å². The molecule has 0 spiro atoms. The number of rotatable bonds is 4.